The summed E-state index contributed by atoms with van der Waals surface area (Å²) in [7, 11) is 3.96. The van der Waals surface area contributed by atoms with Gasteiger partial charge in [-0.2, -0.15) is 0 Å². The van der Waals surface area contributed by atoms with Crippen LogP contribution < -0.4 is 15.0 Å². The molecule has 0 spiro atoms. The Morgan fingerprint density at radius 1 is 1.03 bits per heavy atom. The Labute approximate surface area is 194 Å². The number of carbonyl (C=O) groups excluding carboxylic acids is 2. The van der Waals surface area contributed by atoms with Gasteiger partial charge in [0.05, 0.1) is 5.57 Å². The number of nitrogens with one attached hydrogen (secondary N) is 1. The van der Waals surface area contributed by atoms with Gasteiger partial charge >= 0.3 is 5.97 Å². The molecule has 1 heterocycles. The Balaban J connectivity index is 1.57. The zero-order valence-electron chi connectivity index (χ0n) is 19.4. The van der Waals surface area contributed by atoms with Gasteiger partial charge in [-0.3, -0.25) is 4.79 Å². The zero-order valence-corrected chi connectivity index (χ0v) is 19.4. The number of benzene rings is 2. The Hall–Kier alpha value is -3.54. The van der Waals surface area contributed by atoms with Gasteiger partial charge in [-0.15, -0.1) is 0 Å². The average molecular weight is 447 g/mol. The van der Waals surface area contributed by atoms with Crippen LogP contribution in [0.3, 0.4) is 0 Å². The molecule has 6 nitrogen and oxygen atoms in total. The first-order valence-electron chi connectivity index (χ1n) is 11.3. The molecule has 2 aromatic carbocycles. The van der Waals surface area contributed by atoms with Crippen LogP contribution >= 0.6 is 0 Å². The number of Topliss-reactive ketones (excluding diaryl/α,β-unsaturated/α-hetero) is 1. The second-order valence-corrected chi connectivity index (χ2v) is 8.55. The highest BCUT2D eigenvalue weighted by molar-refractivity contribution is 6.03. The molecule has 1 N–H and O–H groups in total. The third-order valence-corrected chi connectivity index (χ3v) is 6.07. The maximum absolute atomic E-state index is 13.2. The molecular weight excluding hydrogens is 416 g/mol. The highest BCUT2D eigenvalue weighted by atomic mass is 16.6. The predicted molar refractivity (Wildman–Crippen MR) is 128 cm³/mol. The number of dihydropyridines is 1. The highest BCUT2D eigenvalue weighted by Crippen LogP contribution is 2.42. The van der Waals surface area contributed by atoms with Crippen LogP contribution in [0.5, 0.6) is 5.75 Å². The van der Waals surface area contributed by atoms with Crippen LogP contribution in [0.1, 0.15) is 37.7 Å². The molecule has 1 aliphatic heterocycles. The van der Waals surface area contributed by atoms with Crippen molar-refractivity contribution in [2.24, 2.45) is 0 Å². The first kappa shape index (κ1) is 22.6. The van der Waals surface area contributed by atoms with Crippen molar-refractivity contribution in [2.75, 3.05) is 32.2 Å². The van der Waals surface area contributed by atoms with Crippen LogP contribution in [0.4, 0.5) is 5.69 Å². The molecule has 1 atom stereocenters. The molecule has 33 heavy (non-hydrogen) atoms. The monoisotopic (exact) mass is 446 g/mol. The van der Waals surface area contributed by atoms with Crippen molar-refractivity contribution >= 4 is 17.4 Å². The van der Waals surface area contributed by atoms with Gasteiger partial charge in [0, 0.05) is 49.1 Å². The third kappa shape index (κ3) is 4.95. The van der Waals surface area contributed by atoms with E-state index in [1.165, 1.54) is 0 Å². The van der Waals surface area contributed by atoms with Gasteiger partial charge < -0.3 is 19.7 Å². The number of esters is 1. The van der Waals surface area contributed by atoms with Gasteiger partial charge in [-0.05, 0) is 49.6 Å². The maximum atomic E-state index is 13.2. The lowest BCUT2D eigenvalue weighted by atomic mass is 9.75. The highest BCUT2D eigenvalue weighted by Gasteiger charge is 2.39. The number of allylic oxidation sites excluding steroid dienone is 3. The SMILES string of the molecule is CC1=C(C(=O)OCCOc2ccccc2)[C@@H](c2ccc(N(C)C)cc2)C2=C(CCCC2=O)N1. The van der Waals surface area contributed by atoms with E-state index in [0.29, 0.717) is 17.6 Å². The number of anilines is 1. The molecule has 0 unspecified atom stereocenters. The van der Waals surface area contributed by atoms with E-state index < -0.39 is 11.9 Å². The van der Waals surface area contributed by atoms with Crippen LogP contribution in [0.15, 0.2) is 77.1 Å². The Morgan fingerprint density at radius 2 is 1.76 bits per heavy atom. The number of nitrogens with zero attached hydrogens (tertiary/aromatic N) is 1. The van der Waals surface area contributed by atoms with E-state index in [2.05, 4.69) is 5.32 Å². The first-order valence-corrected chi connectivity index (χ1v) is 11.3. The summed E-state index contributed by atoms with van der Waals surface area (Å²) in [6.45, 7) is 2.25. The summed E-state index contributed by atoms with van der Waals surface area (Å²) in [5.74, 6) is -0.0449. The minimum Gasteiger partial charge on any atom is -0.490 e. The largest absolute Gasteiger partial charge is 0.490 e. The molecule has 2 aliphatic rings. The van der Waals surface area contributed by atoms with Crippen LogP contribution in [-0.2, 0) is 14.3 Å². The van der Waals surface area contributed by atoms with Crippen molar-refractivity contribution in [3.63, 3.8) is 0 Å². The zero-order chi connectivity index (χ0) is 23.4. The molecular formula is C27H30N2O4. The van der Waals surface area contributed by atoms with E-state index in [-0.39, 0.29) is 19.0 Å². The van der Waals surface area contributed by atoms with E-state index in [4.69, 9.17) is 9.47 Å². The van der Waals surface area contributed by atoms with Crippen molar-refractivity contribution in [1.29, 1.82) is 0 Å². The molecule has 0 bridgehead atoms. The van der Waals surface area contributed by atoms with Gasteiger partial charge in [-0.25, -0.2) is 4.79 Å². The summed E-state index contributed by atoms with van der Waals surface area (Å²) in [5.41, 5.74) is 4.81. The first-order chi connectivity index (χ1) is 16.0. The third-order valence-electron chi connectivity index (χ3n) is 6.07. The molecule has 0 aromatic heterocycles. The molecule has 2 aromatic rings. The molecule has 172 valence electrons. The minimum atomic E-state index is -0.437. The summed E-state index contributed by atoms with van der Waals surface area (Å²) >= 11 is 0. The predicted octanol–water partition coefficient (Wildman–Crippen LogP) is 4.34. The standard InChI is InChI=1S/C27H30N2O4/c1-18-24(27(31)33-17-16-32-21-8-5-4-6-9-21)25(19-12-14-20(15-13-19)29(2)3)26-22(28-18)10-7-11-23(26)30/h4-6,8-9,12-15,25,28H,7,10-11,16-17H2,1-3H3/t25-/m1/s1. The lowest BCUT2D eigenvalue weighted by molar-refractivity contribution is -0.140. The van der Waals surface area contributed by atoms with Gasteiger partial charge in [0.2, 0.25) is 0 Å². The van der Waals surface area contributed by atoms with Crippen molar-refractivity contribution < 1.29 is 19.1 Å². The molecule has 0 saturated heterocycles. The van der Waals surface area contributed by atoms with Crippen LogP contribution in [0.2, 0.25) is 0 Å². The van der Waals surface area contributed by atoms with Crippen LogP contribution in [0, 0.1) is 0 Å². The maximum Gasteiger partial charge on any atom is 0.336 e. The fourth-order valence-electron chi connectivity index (χ4n) is 4.44. The summed E-state index contributed by atoms with van der Waals surface area (Å²) in [5, 5.41) is 3.32. The average Bonchev–Trinajstić information content (AvgIpc) is 2.81. The Morgan fingerprint density at radius 3 is 2.45 bits per heavy atom. The van der Waals surface area contributed by atoms with Crippen LogP contribution in [-0.4, -0.2) is 39.1 Å². The van der Waals surface area contributed by atoms with E-state index in [1.54, 1.807) is 0 Å². The van der Waals surface area contributed by atoms with Gasteiger partial charge in [-0.1, -0.05) is 30.3 Å². The van der Waals surface area contributed by atoms with Gasteiger partial charge in [0.25, 0.3) is 0 Å². The number of hydrogen-bond donors (Lipinski definition) is 1. The lowest BCUT2D eigenvalue weighted by Gasteiger charge is -2.34. The minimum absolute atomic E-state index is 0.0932. The van der Waals surface area contributed by atoms with Crippen molar-refractivity contribution in [3.8, 4) is 5.75 Å². The smallest absolute Gasteiger partial charge is 0.336 e. The lowest BCUT2D eigenvalue weighted by Crippen LogP contribution is -2.34. The summed E-state index contributed by atoms with van der Waals surface area (Å²) in [4.78, 5) is 28.2. The van der Waals surface area contributed by atoms with E-state index in [1.807, 2.05) is 80.5 Å². The molecule has 6 heteroatoms. The van der Waals surface area contributed by atoms with Crippen LogP contribution in [0.25, 0.3) is 0 Å². The summed E-state index contributed by atoms with van der Waals surface area (Å²) < 4.78 is 11.2. The molecule has 1 aliphatic carbocycles. The fraction of sp³-hybridized carbons (Fsp3) is 0.333. The second-order valence-electron chi connectivity index (χ2n) is 8.55. The molecule has 0 radical (unpaired) electrons. The Bertz CT molecular complexity index is 1080. The molecule has 4 rings (SSSR count). The van der Waals surface area contributed by atoms with Crippen molar-refractivity contribution in [3.05, 3.63) is 82.7 Å². The number of ether oxygens (including phenoxy) is 2. The van der Waals surface area contributed by atoms with E-state index in [9.17, 15) is 9.59 Å². The van der Waals surface area contributed by atoms with Gasteiger partial charge in [0.1, 0.15) is 19.0 Å². The molecule has 0 saturated carbocycles. The summed E-state index contributed by atoms with van der Waals surface area (Å²) in [6.07, 6.45) is 2.12. The second kappa shape index (κ2) is 9.94. The summed E-state index contributed by atoms with van der Waals surface area (Å²) in [6, 6.07) is 17.4. The van der Waals surface area contributed by atoms with Gasteiger partial charge in [0.15, 0.2) is 5.78 Å². The number of ketones is 1. The Kier molecular flexibility index (Phi) is 6.82. The topological polar surface area (TPSA) is 67.9 Å². The number of para-hydroxylation sites is 1. The molecule has 0 fully saturated rings. The van der Waals surface area contributed by atoms with E-state index >= 15 is 0 Å². The van der Waals surface area contributed by atoms with E-state index in [0.717, 1.165) is 41.2 Å². The normalized spacial score (nSPS) is 17.9. The van der Waals surface area contributed by atoms with Crippen molar-refractivity contribution in [1.82, 2.24) is 5.32 Å². The number of carbonyl (C=O) groups is 2. The molecule has 0 amide bonds. The van der Waals surface area contributed by atoms with Crippen molar-refractivity contribution in [2.45, 2.75) is 32.1 Å². The fourth-order valence-corrected chi connectivity index (χ4v) is 4.44. The number of rotatable bonds is 7. The quantitative estimate of drug-likeness (QED) is 0.504. The number of hydrogen-bond acceptors (Lipinski definition) is 6.